The van der Waals surface area contributed by atoms with E-state index in [0.29, 0.717) is 75.7 Å². The fourth-order valence-corrected chi connectivity index (χ4v) is 6.40. The predicted octanol–water partition coefficient (Wildman–Crippen LogP) is 5.19. The molecule has 12 heteroatoms. The third kappa shape index (κ3) is 7.58. The van der Waals surface area contributed by atoms with Crippen LogP contribution in [0.1, 0.15) is 23.2 Å². The Morgan fingerprint density at radius 1 is 0.783 bits per heavy atom. The van der Waals surface area contributed by atoms with Gasteiger partial charge in [0.1, 0.15) is 22.0 Å². The average Bonchev–Trinajstić information content (AvgIpc) is 3.50. The van der Waals surface area contributed by atoms with Crippen molar-refractivity contribution >= 4 is 56.0 Å². The number of fused-ring (bicyclic) bond motifs is 1. The summed E-state index contributed by atoms with van der Waals surface area (Å²) in [4.78, 5) is 36.8. The smallest absolute Gasteiger partial charge is 0.229 e. The molecule has 1 amide bonds. The van der Waals surface area contributed by atoms with Gasteiger partial charge in [-0.05, 0) is 41.8 Å². The maximum Gasteiger partial charge on any atom is 0.229 e. The van der Waals surface area contributed by atoms with Crippen LogP contribution in [0.4, 0.5) is 28.4 Å². The van der Waals surface area contributed by atoms with E-state index in [9.17, 15) is 4.79 Å². The van der Waals surface area contributed by atoms with Crippen molar-refractivity contribution in [2.75, 3.05) is 68.1 Å². The number of aromatic nitrogens is 4. The topological polar surface area (TPSA) is 118 Å². The number of carbonyl (C=O) groups excluding carboxylic acids is 1. The van der Waals surface area contributed by atoms with E-state index in [1.807, 2.05) is 65.6 Å². The summed E-state index contributed by atoms with van der Waals surface area (Å²) in [7, 11) is 0. The first-order valence-electron chi connectivity index (χ1n) is 15.7. The Morgan fingerprint density at radius 3 is 2.33 bits per heavy atom. The van der Waals surface area contributed by atoms with Crippen molar-refractivity contribution in [1.82, 2.24) is 24.8 Å². The lowest BCUT2D eigenvalue weighted by Gasteiger charge is -2.27. The summed E-state index contributed by atoms with van der Waals surface area (Å²) < 4.78 is 10.9. The lowest BCUT2D eigenvalue weighted by molar-refractivity contribution is -0.135. The van der Waals surface area contributed by atoms with E-state index in [1.165, 1.54) is 11.3 Å². The number of morpholine rings is 2. The van der Waals surface area contributed by atoms with Crippen molar-refractivity contribution in [2.45, 2.75) is 19.3 Å². The number of carbonyl (C=O) groups is 1. The third-order valence-electron chi connectivity index (χ3n) is 8.02. The number of rotatable bonds is 10. The number of aryl methyl sites for hydroxylation is 1. The second-order valence-electron chi connectivity index (χ2n) is 11.3. The zero-order chi connectivity index (χ0) is 31.1. The minimum absolute atomic E-state index is 0.176. The van der Waals surface area contributed by atoms with E-state index in [-0.39, 0.29) is 5.91 Å². The standard InChI is InChI=1S/C34H36N8O3S/c43-31(42-16-20-45-21-17-42)13-8-24-6-9-26(10-7-24)35-33-36-27(22-25-4-2-1-3-5-25)23-29(38-33)39-34-37-28-11-12-30(40-32(28)46-34)41-14-18-44-19-15-41/h1-7,9-12,23H,8,13-22H2,(H2,35,36,37,38,39). The van der Waals surface area contributed by atoms with Gasteiger partial charge in [0.2, 0.25) is 11.9 Å². The lowest BCUT2D eigenvalue weighted by Crippen LogP contribution is -2.40. The highest BCUT2D eigenvalue weighted by atomic mass is 32.1. The Kier molecular flexibility index (Phi) is 9.26. The van der Waals surface area contributed by atoms with Crippen LogP contribution in [0.25, 0.3) is 10.3 Å². The molecule has 2 N–H and O–H groups in total. The minimum atomic E-state index is 0.176. The van der Waals surface area contributed by atoms with E-state index in [0.717, 1.165) is 51.8 Å². The SMILES string of the molecule is O=C(CCc1ccc(Nc2nc(Cc3ccccc3)cc(Nc3nc4ccc(N5CCOCC5)nc4s3)n2)cc1)N1CCOCC1. The number of benzene rings is 2. The molecule has 0 atom stereocenters. The van der Waals surface area contributed by atoms with Gasteiger partial charge < -0.3 is 29.9 Å². The molecule has 5 aromatic rings. The Hall–Kier alpha value is -4.65. The number of ether oxygens (including phenoxy) is 2. The molecule has 0 saturated carbocycles. The van der Waals surface area contributed by atoms with Gasteiger partial charge >= 0.3 is 0 Å². The normalized spacial score (nSPS) is 15.2. The van der Waals surface area contributed by atoms with Crippen LogP contribution in [0.2, 0.25) is 0 Å². The van der Waals surface area contributed by atoms with Crippen LogP contribution in [0.15, 0.2) is 72.8 Å². The second-order valence-corrected chi connectivity index (χ2v) is 12.3. The summed E-state index contributed by atoms with van der Waals surface area (Å²) in [6.07, 6.45) is 1.84. The fraction of sp³-hybridized carbons (Fsp3) is 0.324. The van der Waals surface area contributed by atoms with Gasteiger partial charge in [-0.3, -0.25) is 4.79 Å². The molecule has 0 bridgehead atoms. The lowest BCUT2D eigenvalue weighted by atomic mass is 10.1. The molecule has 46 heavy (non-hydrogen) atoms. The molecular formula is C34H36N8O3S. The van der Waals surface area contributed by atoms with Gasteiger partial charge in [-0.25, -0.2) is 15.0 Å². The number of thiazole rings is 1. The van der Waals surface area contributed by atoms with Crippen LogP contribution in [0.5, 0.6) is 0 Å². The first-order valence-corrected chi connectivity index (χ1v) is 16.5. The molecule has 0 unspecified atom stereocenters. The minimum Gasteiger partial charge on any atom is -0.378 e. The number of hydrogen-bond acceptors (Lipinski definition) is 11. The molecule has 3 aromatic heterocycles. The molecular weight excluding hydrogens is 600 g/mol. The molecule has 0 radical (unpaired) electrons. The maximum atomic E-state index is 12.6. The number of nitrogens with zero attached hydrogens (tertiary/aromatic N) is 6. The summed E-state index contributed by atoms with van der Waals surface area (Å²) in [5, 5.41) is 7.50. The van der Waals surface area contributed by atoms with Crippen LogP contribution in [0.3, 0.4) is 0 Å². The highest BCUT2D eigenvalue weighted by Gasteiger charge is 2.17. The van der Waals surface area contributed by atoms with Gasteiger partial charge in [-0.2, -0.15) is 4.98 Å². The van der Waals surface area contributed by atoms with Crippen LogP contribution in [0, 0.1) is 0 Å². The van der Waals surface area contributed by atoms with Crippen LogP contribution >= 0.6 is 11.3 Å². The van der Waals surface area contributed by atoms with Gasteiger partial charge in [-0.15, -0.1) is 0 Å². The molecule has 5 heterocycles. The fourth-order valence-electron chi connectivity index (χ4n) is 5.56. The van der Waals surface area contributed by atoms with Gasteiger partial charge in [0.05, 0.1) is 32.1 Å². The largest absolute Gasteiger partial charge is 0.378 e. The van der Waals surface area contributed by atoms with Crippen molar-refractivity contribution in [1.29, 1.82) is 0 Å². The molecule has 2 aliphatic rings. The Balaban J connectivity index is 1.07. The van der Waals surface area contributed by atoms with Crippen molar-refractivity contribution in [3.8, 4) is 0 Å². The molecule has 2 fully saturated rings. The number of pyridine rings is 1. The quantitative estimate of drug-likeness (QED) is 0.212. The Bertz CT molecular complexity index is 1770. The summed E-state index contributed by atoms with van der Waals surface area (Å²) in [6, 6.07) is 24.4. The van der Waals surface area contributed by atoms with Crippen LogP contribution in [-0.2, 0) is 27.1 Å². The first kappa shape index (κ1) is 30.0. The van der Waals surface area contributed by atoms with E-state index >= 15 is 0 Å². The van der Waals surface area contributed by atoms with Gasteiger partial charge in [0.25, 0.3) is 0 Å². The zero-order valence-corrected chi connectivity index (χ0v) is 26.3. The van der Waals surface area contributed by atoms with E-state index in [1.54, 1.807) is 0 Å². The summed E-state index contributed by atoms with van der Waals surface area (Å²) in [5.74, 6) is 2.25. The highest BCUT2D eigenvalue weighted by molar-refractivity contribution is 7.21. The number of hydrogen-bond donors (Lipinski definition) is 2. The molecule has 0 spiro atoms. The molecule has 2 aliphatic heterocycles. The van der Waals surface area contributed by atoms with Crippen molar-refractivity contribution < 1.29 is 14.3 Å². The van der Waals surface area contributed by atoms with E-state index in [2.05, 4.69) is 27.7 Å². The molecule has 2 saturated heterocycles. The number of nitrogens with one attached hydrogen (secondary N) is 2. The number of amides is 1. The highest BCUT2D eigenvalue weighted by Crippen LogP contribution is 2.30. The third-order valence-corrected chi connectivity index (χ3v) is 8.90. The molecule has 7 rings (SSSR count). The van der Waals surface area contributed by atoms with Gasteiger partial charge in [-0.1, -0.05) is 53.8 Å². The second kappa shape index (κ2) is 14.2. The van der Waals surface area contributed by atoms with E-state index < -0.39 is 0 Å². The molecule has 11 nitrogen and oxygen atoms in total. The Morgan fingerprint density at radius 2 is 1.54 bits per heavy atom. The monoisotopic (exact) mass is 636 g/mol. The van der Waals surface area contributed by atoms with Crippen molar-refractivity contribution in [2.24, 2.45) is 0 Å². The first-order chi connectivity index (χ1) is 22.6. The van der Waals surface area contributed by atoms with Crippen LogP contribution < -0.4 is 15.5 Å². The molecule has 2 aromatic carbocycles. The van der Waals surface area contributed by atoms with Crippen molar-refractivity contribution in [3.63, 3.8) is 0 Å². The molecule has 0 aliphatic carbocycles. The summed E-state index contributed by atoms with van der Waals surface area (Å²) in [6.45, 7) is 5.68. The van der Waals surface area contributed by atoms with E-state index in [4.69, 9.17) is 29.4 Å². The summed E-state index contributed by atoms with van der Waals surface area (Å²) >= 11 is 1.50. The maximum absolute atomic E-state index is 12.6. The van der Waals surface area contributed by atoms with Crippen molar-refractivity contribution in [3.05, 3.63) is 89.6 Å². The predicted molar refractivity (Wildman–Crippen MR) is 180 cm³/mol. The van der Waals surface area contributed by atoms with Crippen LogP contribution in [-0.4, -0.2) is 83.3 Å². The number of anilines is 5. The molecule has 236 valence electrons. The zero-order valence-electron chi connectivity index (χ0n) is 25.5. The summed E-state index contributed by atoms with van der Waals surface area (Å²) in [5.41, 5.74) is 4.85. The van der Waals surface area contributed by atoms with Gasteiger partial charge in [0, 0.05) is 50.8 Å². The Labute approximate surface area is 271 Å². The van der Waals surface area contributed by atoms with Gasteiger partial charge in [0.15, 0.2) is 5.13 Å². The average molecular weight is 637 g/mol.